The second kappa shape index (κ2) is 7.35. The first-order valence-corrected chi connectivity index (χ1v) is 9.99. The van der Waals surface area contributed by atoms with Gasteiger partial charge in [-0.3, -0.25) is 4.98 Å². The van der Waals surface area contributed by atoms with Crippen LogP contribution in [0.15, 0.2) is 58.9 Å². The third kappa shape index (κ3) is 4.07. The van der Waals surface area contributed by atoms with E-state index in [2.05, 4.69) is 9.71 Å². The van der Waals surface area contributed by atoms with Crippen molar-refractivity contribution in [1.82, 2.24) is 9.71 Å². The van der Waals surface area contributed by atoms with Crippen molar-refractivity contribution in [3.63, 3.8) is 0 Å². The predicted octanol–water partition coefficient (Wildman–Crippen LogP) is 3.61. The predicted molar refractivity (Wildman–Crippen MR) is 99.3 cm³/mol. The van der Waals surface area contributed by atoms with Crippen LogP contribution in [0.3, 0.4) is 0 Å². The highest BCUT2D eigenvalue weighted by Crippen LogP contribution is 2.24. The fourth-order valence-corrected chi connectivity index (χ4v) is 4.22. The van der Waals surface area contributed by atoms with Crippen molar-refractivity contribution in [3.8, 4) is 16.3 Å². The van der Waals surface area contributed by atoms with E-state index >= 15 is 0 Å². The average molecular weight is 374 g/mol. The Bertz CT molecular complexity index is 968. The molecular formula is C18H18N2O3S2. The Hall–Kier alpha value is -2.22. The first-order chi connectivity index (χ1) is 12.0. The number of ether oxygens (including phenoxy) is 1. The number of sulfonamides is 1. The monoisotopic (exact) mass is 374 g/mol. The molecule has 2 heterocycles. The van der Waals surface area contributed by atoms with Crippen LogP contribution in [0.5, 0.6) is 5.75 Å². The summed E-state index contributed by atoms with van der Waals surface area (Å²) in [6.07, 6.45) is 1.69. The van der Waals surface area contributed by atoms with Crippen LogP contribution < -0.4 is 9.46 Å². The molecule has 3 aromatic rings. The van der Waals surface area contributed by atoms with E-state index in [0.717, 1.165) is 21.7 Å². The molecule has 3 rings (SSSR count). The van der Waals surface area contributed by atoms with Gasteiger partial charge in [-0.05, 0) is 59.8 Å². The van der Waals surface area contributed by atoms with E-state index < -0.39 is 10.0 Å². The number of benzene rings is 1. The van der Waals surface area contributed by atoms with Crippen LogP contribution in [0, 0.1) is 6.92 Å². The summed E-state index contributed by atoms with van der Waals surface area (Å²) < 4.78 is 32.8. The number of aryl methyl sites for hydroxylation is 1. The van der Waals surface area contributed by atoms with Crippen molar-refractivity contribution in [3.05, 3.63) is 65.2 Å². The second-order valence-electron chi connectivity index (χ2n) is 5.48. The highest BCUT2D eigenvalue weighted by Gasteiger charge is 2.15. The van der Waals surface area contributed by atoms with Crippen molar-refractivity contribution in [2.24, 2.45) is 0 Å². The van der Waals surface area contributed by atoms with E-state index in [1.54, 1.807) is 42.8 Å². The molecule has 130 valence electrons. The lowest BCUT2D eigenvalue weighted by atomic mass is 10.2. The number of thiophene rings is 1. The molecule has 0 bridgehead atoms. The molecule has 0 saturated carbocycles. The van der Waals surface area contributed by atoms with Crippen molar-refractivity contribution < 1.29 is 13.2 Å². The molecule has 0 amide bonds. The zero-order chi connectivity index (χ0) is 17.9. The van der Waals surface area contributed by atoms with Crippen LogP contribution >= 0.6 is 11.3 Å². The minimum absolute atomic E-state index is 0.203. The van der Waals surface area contributed by atoms with E-state index in [1.165, 1.54) is 6.07 Å². The molecule has 0 aliphatic heterocycles. The Morgan fingerprint density at radius 1 is 1.20 bits per heavy atom. The number of nitrogens with zero attached hydrogens (tertiary/aromatic N) is 1. The van der Waals surface area contributed by atoms with Gasteiger partial charge in [0.2, 0.25) is 10.0 Å². The quantitative estimate of drug-likeness (QED) is 0.716. The molecule has 25 heavy (non-hydrogen) atoms. The van der Waals surface area contributed by atoms with Crippen LogP contribution in [0.1, 0.15) is 11.1 Å². The fourth-order valence-electron chi connectivity index (χ4n) is 2.42. The van der Waals surface area contributed by atoms with Gasteiger partial charge in [0.1, 0.15) is 5.75 Å². The zero-order valence-corrected chi connectivity index (χ0v) is 15.5. The summed E-state index contributed by atoms with van der Waals surface area (Å²) in [5, 5.41) is 1.98. The van der Waals surface area contributed by atoms with Crippen LogP contribution in [0.2, 0.25) is 0 Å². The molecule has 1 aromatic carbocycles. The van der Waals surface area contributed by atoms with Crippen LogP contribution in [-0.2, 0) is 16.6 Å². The summed E-state index contributed by atoms with van der Waals surface area (Å²) >= 11 is 1.60. The Labute approximate surface area is 151 Å². The molecule has 0 unspecified atom stereocenters. The Morgan fingerprint density at radius 2 is 2.04 bits per heavy atom. The molecule has 0 spiro atoms. The first-order valence-electron chi connectivity index (χ1n) is 7.63. The van der Waals surface area contributed by atoms with Crippen molar-refractivity contribution >= 4 is 21.4 Å². The lowest BCUT2D eigenvalue weighted by Gasteiger charge is -2.10. The molecule has 0 aliphatic rings. The smallest absolute Gasteiger partial charge is 0.240 e. The zero-order valence-electron chi connectivity index (χ0n) is 13.9. The first kappa shape index (κ1) is 17.6. The van der Waals surface area contributed by atoms with Crippen molar-refractivity contribution in [2.75, 3.05) is 7.11 Å². The molecule has 0 saturated heterocycles. The van der Waals surface area contributed by atoms with Gasteiger partial charge < -0.3 is 4.74 Å². The topological polar surface area (TPSA) is 68.3 Å². The highest BCUT2D eigenvalue weighted by atomic mass is 32.2. The third-order valence-corrected chi connectivity index (χ3v) is 6.03. The molecule has 2 aromatic heterocycles. The number of aromatic nitrogens is 1. The largest absolute Gasteiger partial charge is 0.496 e. The minimum atomic E-state index is -3.60. The SMILES string of the molecule is COc1ccc(S(=O)(=O)NCc2ccnc(-c3cccs3)c2)cc1C. The maximum absolute atomic E-state index is 12.5. The van der Waals surface area contributed by atoms with Crippen LogP contribution in [-0.4, -0.2) is 20.5 Å². The molecule has 0 radical (unpaired) electrons. The van der Waals surface area contributed by atoms with Crippen LogP contribution in [0.25, 0.3) is 10.6 Å². The van der Waals surface area contributed by atoms with Gasteiger partial charge in [-0.1, -0.05) is 6.07 Å². The third-order valence-electron chi connectivity index (χ3n) is 3.74. The van der Waals surface area contributed by atoms with Gasteiger partial charge in [-0.2, -0.15) is 0 Å². The number of hydrogen-bond donors (Lipinski definition) is 1. The number of pyridine rings is 1. The number of hydrogen-bond acceptors (Lipinski definition) is 5. The molecule has 0 fully saturated rings. The van der Waals surface area contributed by atoms with E-state index in [9.17, 15) is 8.42 Å². The molecule has 1 N–H and O–H groups in total. The van der Waals surface area contributed by atoms with Gasteiger partial charge in [-0.15, -0.1) is 11.3 Å². The second-order valence-corrected chi connectivity index (χ2v) is 8.20. The summed E-state index contributed by atoms with van der Waals surface area (Å²) in [6.45, 7) is 2.02. The average Bonchev–Trinajstić information content (AvgIpc) is 3.15. The summed E-state index contributed by atoms with van der Waals surface area (Å²) in [5.41, 5.74) is 2.47. The van der Waals surface area contributed by atoms with Crippen LogP contribution in [0.4, 0.5) is 0 Å². The molecule has 7 heteroatoms. The number of methoxy groups -OCH3 is 1. The Morgan fingerprint density at radius 3 is 2.72 bits per heavy atom. The molecule has 5 nitrogen and oxygen atoms in total. The van der Waals surface area contributed by atoms with Gasteiger partial charge >= 0.3 is 0 Å². The van der Waals surface area contributed by atoms with Gasteiger partial charge in [-0.25, -0.2) is 13.1 Å². The lowest BCUT2D eigenvalue weighted by Crippen LogP contribution is -2.23. The number of rotatable bonds is 6. The maximum atomic E-state index is 12.5. The van der Waals surface area contributed by atoms with E-state index in [1.807, 2.05) is 30.5 Å². The molecule has 0 aliphatic carbocycles. The normalized spacial score (nSPS) is 11.4. The highest BCUT2D eigenvalue weighted by molar-refractivity contribution is 7.89. The fraction of sp³-hybridized carbons (Fsp3) is 0.167. The van der Waals surface area contributed by atoms with E-state index in [4.69, 9.17) is 4.74 Å². The lowest BCUT2D eigenvalue weighted by molar-refractivity contribution is 0.411. The summed E-state index contributed by atoms with van der Waals surface area (Å²) in [6, 6.07) is 12.4. The van der Waals surface area contributed by atoms with Gasteiger partial charge in [0.25, 0.3) is 0 Å². The van der Waals surface area contributed by atoms with Crippen molar-refractivity contribution in [1.29, 1.82) is 0 Å². The number of nitrogens with one attached hydrogen (secondary N) is 1. The summed E-state index contributed by atoms with van der Waals surface area (Å²) in [4.78, 5) is 5.61. The van der Waals surface area contributed by atoms with Gasteiger partial charge in [0, 0.05) is 12.7 Å². The Kier molecular flexibility index (Phi) is 5.17. The van der Waals surface area contributed by atoms with E-state index in [-0.39, 0.29) is 11.4 Å². The summed E-state index contributed by atoms with van der Waals surface area (Å²) in [7, 11) is -2.04. The standard InChI is InChI=1S/C18H18N2O3S2/c1-13-10-15(5-6-17(13)23-2)25(21,22)20-12-14-7-8-19-16(11-14)18-4-3-9-24-18/h3-11,20H,12H2,1-2H3. The summed E-state index contributed by atoms with van der Waals surface area (Å²) in [5.74, 6) is 0.661. The van der Waals surface area contributed by atoms with Crippen molar-refractivity contribution in [2.45, 2.75) is 18.4 Å². The maximum Gasteiger partial charge on any atom is 0.240 e. The van der Waals surface area contributed by atoms with Gasteiger partial charge in [0.15, 0.2) is 0 Å². The minimum Gasteiger partial charge on any atom is -0.496 e. The Balaban J connectivity index is 1.76. The molecule has 0 atom stereocenters. The van der Waals surface area contributed by atoms with Gasteiger partial charge in [0.05, 0.1) is 22.6 Å². The van der Waals surface area contributed by atoms with E-state index in [0.29, 0.717) is 5.75 Å². The molecular weight excluding hydrogens is 356 g/mol.